The third-order valence-electron chi connectivity index (χ3n) is 4.07. The fraction of sp³-hybridized carbons (Fsp3) is 0.316. The van der Waals surface area contributed by atoms with Crippen LogP contribution < -0.4 is 5.11 Å². The molecule has 1 aromatic heterocycles. The van der Waals surface area contributed by atoms with E-state index in [-0.39, 0.29) is 11.8 Å². The lowest BCUT2D eigenvalue weighted by Gasteiger charge is -2.32. The summed E-state index contributed by atoms with van der Waals surface area (Å²) in [5.41, 5.74) is 3.35. The van der Waals surface area contributed by atoms with E-state index in [2.05, 4.69) is 48.0 Å². The summed E-state index contributed by atoms with van der Waals surface area (Å²) >= 11 is 1.90. The Bertz CT molecular complexity index is 833. The van der Waals surface area contributed by atoms with Crippen LogP contribution in [-0.4, -0.2) is 21.9 Å². The second-order valence-corrected chi connectivity index (χ2v) is 7.54. The second-order valence-electron chi connectivity index (χ2n) is 6.40. The van der Waals surface area contributed by atoms with Crippen molar-refractivity contribution in [2.75, 3.05) is 5.75 Å². The zero-order chi connectivity index (χ0) is 17.2. The number of carbonyl (C=O) groups is 1. The van der Waals surface area contributed by atoms with Crippen LogP contribution in [0, 0.1) is 11.8 Å². The van der Waals surface area contributed by atoms with Gasteiger partial charge in [0, 0.05) is 22.8 Å². The number of aliphatic carboxylic acids is 1. The van der Waals surface area contributed by atoms with Gasteiger partial charge in [0.05, 0.1) is 5.69 Å². The van der Waals surface area contributed by atoms with Crippen molar-refractivity contribution in [1.29, 1.82) is 0 Å². The first kappa shape index (κ1) is 16.5. The number of thioether (sulfide) groups is 1. The van der Waals surface area contributed by atoms with E-state index in [4.69, 9.17) is 0 Å². The number of carboxylic acid groups (broad SMARTS) is 1. The quantitative estimate of drug-likeness (QED) is 0.784. The van der Waals surface area contributed by atoms with Gasteiger partial charge in [0.1, 0.15) is 5.69 Å². The molecule has 1 aliphatic rings. The van der Waals surface area contributed by atoms with Crippen molar-refractivity contribution < 1.29 is 9.90 Å². The number of rotatable bonds is 2. The molecule has 0 saturated carbocycles. The molecule has 2 heterocycles. The van der Waals surface area contributed by atoms with Gasteiger partial charge in [-0.2, -0.15) is 5.10 Å². The van der Waals surface area contributed by atoms with Crippen LogP contribution in [-0.2, 0) is 16.6 Å². The average molecular weight is 337 g/mol. The van der Waals surface area contributed by atoms with Crippen LogP contribution in [0.25, 0.3) is 0 Å². The Labute approximate surface area is 145 Å². The molecule has 0 fully saturated rings. The molecule has 0 spiro atoms. The predicted octanol–water partition coefficient (Wildman–Crippen LogP) is 1.94. The van der Waals surface area contributed by atoms with Crippen molar-refractivity contribution in [2.45, 2.75) is 37.0 Å². The van der Waals surface area contributed by atoms with Crippen LogP contribution >= 0.6 is 11.8 Å². The first-order chi connectivity index (χ1) is 11.4. The summed E-state index contributed by atoms with van der Waals surface area (Å²) in [5.74, 6) is 6.08. The SMILES string of the molecule is CC1(C)CCSc2ccc(C#Cc3ccc(CC(=O)[O-])nn3)cc21. The topological polar surface area (TPSA) is 65.9 Å². The largest absolute Gasteiger partial charge is 0.550 e. The molecular weight excluding hydrogens is 320 g/mol. The highest BCUT2D eigenvalue weighted by Crippen LogP contribution is 2.41. The molecule has 122 valence electrons. The molecule has 1 aliphatic heterocycles. The van der Waals surface area contributed by atoms with Crippen LogP contribution in [0.3, 0.4) is 0 Å². The van der Waals surface area contributed by atoms with E-state index in [9.17, 15) is 9.90 Å². The van der Waals surface area contributed by atoms with Gasteiger partial charge in [-0.05, 0) is 59.4 Å². The van der Waals surface area contributed by atoms with Crippen molar-refractivity contribution in [3.63, 3.8) is 0 Å². The van der Waals surface area contributed by atoms with Crippen LogP contribution in [0.4, 0.5) is 0 Å². The molecular formula is C19H17N2O2S-. The summed E-state index contributed by atoms with van der Waals surface area (Å²) in [4.78, 5) is 11.9. The fourth-order valence-electron chi connectivity index (χ4n) is 2.62. The summed E-state index contributed by atoms with van der Waals surface area (Å²) in [6.45, 7) is 4.54. The number of benzene rings is 1. The Hall–Kier alpha value is -2.32. The number of nitrogens with zero attached hydrogens (tertiary/aromatic N) is 2. The standard InChI is InChI=1S/C19H18N2O2S/c1-19(2)9-10-24-17-8-4-13(11-16(17)19)3-5-14-6-7-15(21-20-14)12-18(22)23/h4,6-8,11H,9-10,12H2,1-2H3,(H,22,23)/p-1. The normalized spacial score (nSPS) is 15.1. The van der Waals surface area contributed by atoms with Gasteiger partial charge < -0.3 is 9.90 Å². The zero-order valence-electron chi connectivity index (χ0n) is 13.6. The summed E-state index contributed by atoms with van der Waals surface area (Å²) in [7, 11) is 0. The van der Waals surface area contributed by atoms with Crippen LogP contribution in [0.2, 0.25) is 0 Å². The number of carboxylic acids is 1. The van der Waals surface area contributed by atoms with E-state index in [1.165, 1.54) is 10.5 Å². The van der Waals surface area contributed by atoms with E-state index in [1.54, 1.807) is 12.1 Å². The summed E-state index contributed by atoms with van der Waals surface area (Å²) in [5, 5.41) is 18.3. The lowest BCUT2D eigenvalue weighted by molar-refractivity contribution is -0.304. The Kier molecular flexibility index (Phi) is 4.59. The molecule has 4 nitrogen and oxygen atoms in total. The third kappa shape index (κ3) is 3.77. The fourth-order valence-corrected chi connectivity index (χ4v) is 4.11. The Balaban J connectivity index is 1.82. The minimum Gasteiger partial charge on any atom is -0.550 e. The highest BCUT2D eigenvalue weighted by atomic mass is 32.2. The minimum absolute atomic E-state index is 0.171. The smallest absolute Gasteiger partial charge is 0.136 e. The maximum Gasteiger partial charge on any atom is 0.136 e. The van der Waals surface area contributed by atoms with Gasteiger partial charge in [-0.15, -0.1) is 16.9 Å². The van der Waals surface area contributed by atoms with Gasteiger partial charge >= 0.3 is 0 Å². The van der Waals surface area contributed by atoms with E-state index < -0.39 is 5.97 Å². The van der Waals surface area contributed by atoms with Crippen molar-refractivity contribution in [3.05, 3.63) is 52.8 Å². The molecule has 0 atom stereocenters. The Morgan fingerprint density at radius 1 is 1.25 bits per heavy atom. The number of aromatic nitrogens is 2. The number of fused-ring (bicyclic) bond motifs is 1. The molecule has 24 heavy (non-hydrogen) atoms. The Morgan fingerprint density at radius 2 is 2.08 bits per heavy atom. The molecule has 0 bridgehead atoms. The molecule has 2 aromatic rings. The maximum atomic E-state index is 10.5. The lowest BCUT2D eigenvalue weighted by Crippen LogP contribution is -2.24. The molecule has 0 saturated heterocycles. The van der Waals surface area contributed by atoms with Gasteiger partial charge in [0.2, 0.25) is 0 Å². The molecule has 5 heteroatoms. The van der Waals surface area contributed by atoms with Gasteiger partial charge in [-0.25, -0.2) is 0 Å². The van der Waals surface area contributed by atoms with E-state index >= 15 is 0 Å². The highest BCUT2D eigenvalue weighted by Gasteiger charge is 2.27. The van der Waals surface area contributed by atoms with Crippen molar-refractivity contribution >= 4 is 17.7 Å². The number of carbonyl (C=O) groups excluding carboxylic acids is 1. The molecule has 1 aromatic carbocycles. The monoisotopic (exact) mass is 337 g/mol. The van der Waals surface area contributed by atoms with Crippen LogP contribution in [0.15, 0.2) is 35.2 Å². The average Bonchev–Trinajstić information content (AvgIpc) is 2.54. The minimum atomic E-state index is -1.17. The van der Waals surface area contributed by atoms with Crippen molar-refractivity contribution in [3.8, 4) is 11.8 Å². The number of hydrogen-bond donors (Lipinski definition) is 0. The van der Waals surface area contributed by atoms with Crippen LogP contribution in [0.5, 0.6) is 0 Å². The predicted molar refractivity (Wildman–Crippen MR) is 91.5 cm³/mol. The van der Waals surface area contributed by atoms with E-state index in [1.807, 2.05) is 17.8 Å². The first-order valence-corrected chi connectivity index (χ1v) is 8.74. The summed E-state index contributed by atoms with van der Waals surface area (Å²) < 4.78 is 0. The van der Waals surface area contributed by atoms with Gasteiger partial charge in [-0.1, -0.05) is 19.8 Å². The summed E-state index contributed by atoms with van der Waals surface area (Å²) in [6, 6.07) is 9.61. The van der Waals surface area contributed by atoms with Gasteiger partial charge in [0.25, 0.3) is 0 Å². The molecule has 0 aliphatic carbocycles. The van der Waals surface area contributed by atoms with E-state index in [0.717, 1.165) is 17.7 Å². The first-order valence-electron chi connectivity index (χ1n) is 7.76. The Morgan fingerprint density at radius 3 is 2.79 bits per heavy atom. The van der Waals surface area contributed by atoms with Crippen molar-refractivity contribution in [2.24, 2.45) is 0 Å². The summed E-state index contributed by atoms with van der Waals surface area (Å²) in [6.07, 6.45) is 0.922. The second kappa shape index (κ2) is 6.66. The molecule has 0 amide bonds. The molecule has 0 N–H and O–H groups in total. The van der Waals surface area contributed by atoms with Gasteiger partial charge in [-0.3, -0.25) is 0 Å². The van der Waals surface area contributed by atoms with Crippen LogP contribution in [0.1, 0.15) is 42.8 Å². The number of hydrogen-bond acceptors (Lipinski definition) is 5. The third-order valence-corrected chi connectivity index (χ3v) is 5.15. The molecule has 0 unspecified atom stereocenters. The van der Waals surface area contributed by atoms with Gasteiger partial charge in [0.15, 0.2) is 0 Å². The lowest BCUT2D eigenvalue weighted by atomic mass is 9.81. The molecule has 3 rings (SSSR count). The zero-order valence-corrected chi connectivity index (χ0v) is 14.4. The van der Waals surface area contributed by atoms with E-state index in [0.29, 0.717) is 11.4 Å². The van der Waals surface area contributed by atoms with Crippen molar-refractivity contribution in [1.82, 2.24) is 10.2 Å². The highest BCUT2D eigenvalue weighted by molar-refractivity contribution is 7.99. The maximum absolute atomic E-state index is 10.5. The molecule has 0 radical (unpaired) electrons.